The van der Waals surface area contributed by atoms with Gasteiger partial charge in [0, 0.05) is 10.0 Å². The molecule has 0 aliphatic carbocycles. The van der Waals surface area contributed by atoms with Gasteiger partial charge in [0.25, 0.3) is 0 Å². The Labute approximate surface area is 162 Å². The van der Waals surface area contributed by atoms with E-state index < -0.39 is 6.04 Å². The predicted octanol–water partition coefficient (Wildman–Crippen LogP) is 1.54. The number of nitriles is 2. The van der Waals surface area contributed by atoms with Crippen molar-refractivity contribution >= 4 is 39.2 Å². The fraction of sp³-hybridized carbons (Fsp3) is 0.125. The summed E-state index contributed by atoms with van der Waals surface area (Å²) >= 11 is 3.43. The van der Waals surface area contributed by atoms with Crippen molar-refractivity contribution < 1.29 is 9.84 Å². The minimum Gasteiger partial charge on any atom is -0.504 e. The van der Waals surface area contributed by atoms with E-state index in [1.54, 1.807) is 12.3 Å². The van der Waals surface area contributed by atoms with Gasteiger partial charge in [0.05, 0.1) is 12.8 Å². The number of nitrogens with one attached hydrogen (secondary N) is 2. The molecule has 1 aromatic heterocycles. The van der Waals surface area contributed by atoms with Gasteiger partial charge in [-0.05, 0) is 17.7 Å². The van der Waals surface area contributed by atoms with Gasteiger partial charge >= 0.3 is 0 Å². The monoisotopic (exact) mass is 428 g/mol. The van der Waals surface area contributed by atoms with Crippen LogP contribution in [0.4, 0.5) is 17.3 Å². The van der Waals surface area contributed by atoms with Gasteiger partial charge in [-0.15, -0.1) is 0 Å². The van der Waals surface area contributed by atoms with E-state index in [-0.39, 0.29) is 40.3 Å². The number of pyridine rings is 1. The molecule has 1 unspecified atom stereocenters. The summed E-state index contributed by atoms with van der Waals surface area (Å²) in [4.78, 5) is 8.60. The number of nitrogens with zero attached hydrogens (tertiary/aromatic N) is 4. The first-order valence-electron chi connectivity index (χ1n) is 7.46. The van der Waals surface area contributed by atoms with Crippen LogP contribution in [-0.4, -0.2) is 23.2 Å². The van der Waals surface area contributed by atoms with E-state index in [0.717, 1.165) is 0 Å². The van der Waals surface area contributed by atoms with Gasteiger partial charge in [-0.1, -0.05) is 15.9 Å². The summed E-state index contributed by atoms with van der Waals surface area (Å²) in [6, 6.07) is 4.19. The summed E-state index contributed by atoms with van der Waals surface area (Å²) in [5.74, 6) is 0.482. The van der Waals surface area contributed by atoms with E-state index in [1.165, 1.54) is 13.2 Å². The van der Waals surface area contributed by atoms with Crippen molar-refractivity contribution in [3.63, 3.8) is 0 Å². The Morgan fingerprint density at radius 1 is 1.37 bits per heavy atom. The fourth-order valence-electron chi connectivity index (χ4n) is 2.74. The van der Waals surface area contributed by atoms with Crippen LogP contribution >= 0.6 is 15.9 Å². The van der Waals surface area contributed by atoms with Gasteiger partial charge in [0.15, 0.2) is 17.7 Å². The molecule has 0 fully saturated rings. The number of hydrogen-bond donors (Lipinski definition) is 5. The van der Waals surface area contributed by atoms with Crippen LogP contribution in [0.15, 0.2) is 21.6 Å². The number of aromatic hydroxyl groups is 1. The van der Waals surface area contributed by atoms with Gasteiger partial charge < -0.3 is 26.6 Å². The number of nitrogen functional groups attached to an aromatic ring is 2. The highest BCUT2D eigenvalue weighted by molar-refractivity contribution is 9.10. The first-order valence-corrected chi connectivity index (χ1v) is 8.25. The molecule has 2 heterocycles. The van der Waals surface area contributed by atoms with Crippen molar-refractivity contribution in [1.82, 2.24) is 10.3 Å². The van der Waals surface area contributed by atoms with E-state index in [1.807, 2.05) is 6.07 Å². The number of methoxy groups -OCH3 is 1. The first-order chi connectivity index (χ1) is 12.9. The Kier molecular flexibility index (Phi) is 4.62. The molecule has 27 heavy (non-hydrogen) atoms. The number of phenolic OH excluding ortho intramolecular Hbond substituents is 1. The third-order valence-corrected chi connectivity index (χ3v) is 4.64. The maximum atomic E-state index is 10.2. The molecule has 11 heteroatoms. The minimum atomic E-state index is -0.775. The molecule has 1 aliphatic heterocycles. The Hall–Kier alpha value is -3.70. The second-order valence-corrected chi connectivity index (χ2v) is 6.30. The number of fused-ring (bicyclic) bond motifs is 1. The van der Waals surface area contributed by atoms with E-state index in [2.05, 4.69) is 36.5 Å². The molecule has 136 valence electrons. The summed E-state index contributed by atoms with van der Waals surface area (Å²) in [6.07, 6.45) is 1.77. The maximum Gasteiger partial charge on any atom is 0.211 e. The molecule has 7 N–H and O–H groups in total. The Morgan fingerprint density at radius 2 is 2.11 bits per heavy atom. The fourth-order valence-corrected chi connectivity index (χ4v) is 3.28. The van der Waals surface area contributed by atoms with Crippen molar-refractivity contribution in [2.24, 2.45) is 4.99 Å². The molecule has 10 nitrogen and oxygen atoms in total. The second kappa shape index (κ2) is 6.90. The molecule has 1 aromatic carbocycles. The van der Waals surface area contributed by atoms with Crippen LogP contribution in [0, 0.1) is 22.8 Å². The summed E-state index contributed by atoms with van der Waals surface area (Å²) in [7, 11) is 1.43. The number of rotatable bonds is 2. The molecule has 0 saturated carbocycles. The number of ether oxygens (including phenoxy) is 1. The SMILES string of the molecule is COc1cc(Br)c(C2N=C(NC#N)Nc3nc(N)c(C#N)c(N)c32)cc1O. The van der Waals surface area contributed by atoms with E-state index in [9.17, 15) is 10.4 Å². The van der Waals surface area contributed by atoms with Crippen LogP contribution in [0.2, 0.25) is 0 Å². The summed E-state index contributed by atoms with van der Waals surface area (Å²) < 4.78 is 5.67. The van der Waals surface area contributed by atoms with Crippen molar-refractivity contribution in [2.75, 3.05) is 23.9 Å². The zero-order valence-corrected chi connectivity index (χ0v) is 15.5. The van der Waals surface area contributed by atoms with Crippen LogP contribution < -0.4 is 26.8 Å². The lowest BCUT2D eigenvalue weighted by Crippen LogP contribution is -2.32. The van der Waals surface area contributed by atoms with Crippen LogP contribution in [-0.2, 0) is 0 Å². The predicted molar refractivity (Wildman–Crippen MR) is 102 cm³/mol. The molecular weight excluding hydrogens is 416 g/mol. The van der Waals surface area contributed by atoms with Crippen molar-refractivity contribution in [2.45, 2.75) is 6.04 Å². The number of guanidine groups is 1. The summed E-state index contributed by atoms with van der Waals surface area (Å²) in [6.45, 7) is 0. The highest BCUT2D eigenvalue weighted by Crippen LogP contribution is 2.45. The topological polar surface area (TPSA) is 178 Å². The lowest BCUT2D eigenvalue weighted by Gasteiger charge is -2.27. The van der Waals surface area contributed by atoms with Crippen molar-refractivity contribution in [1.29, 1.82) is 10.5 Å². The Bertz CT molecular complexity index is 1050. The molecular formula is C16H13BrN8O2. The molecule has 0 bridgehead atoms. The number of nitrogens with two attached hydrogens (primary N) is 2. The van der Waals surface area contributed by atoms with Crippen molar-refractivity contribution in [3.8, 4) is 23.8 Å². The highest BCUT2D eigenvalue weighted by Gasteiger charge is 2.31. The number of aliphatic imine (C=N–C) groups is 1. The smallest absolute Gasteiger partial charge is 0.211 e. The van der Waals surface area contributed by atoms with Crippen LogP contribution in [0.1, 0.15) is 22.7 Å². The molecule has 0 saturated heterocycles. The summed E-state index contributed by atoms with van der Waals surface area (Å²) in [5.41, 5.74) is 13.0. The molecule has 1 aliphatic rings. The van der Waals surface area contributed by atoms with Crippen LogP contribution in [0.25, 0.3) is 0 Å². The lowest BCUT2D eigenvalue weighted by molar-refractivity contribution is 0.372. The standard InChI is InChI=1S/C16H13BrN8O2/c1-27-10-3-8(17)6(2-9(10)26)13-11-12(20)7(4-18)14(21)24-15(11)25-16(23-13)22-5-19/h2-3,13,26H,1H3,(H6,20,21,22,23,24,25). The lowest BCUT2D eigenvalue weighted by atomic mass is 9.95. The minimum absolute atomic E-state index is 0.0290. The first kappa shape index (κ1) is 18.1. The molecule has 0 radical (unpaired) electrons. The average Bonchev–Trinajstić information content (AvgIpc) is 2.63. The summed E-state index contributed by atoms with van der Waals surface area (Å²) in [5, 5.41) is 33.7. The third-order valence-electron chi connectivity index (χ3n) is 3.95. The zero-order chi connectivity index (χ0) is 19.7. The molecule has 0 spiro atoms. The molecule has 1 atom stereocenters. The number of aromatic nitrogens is 1. The average molecular weight is 429 g/mol. The van der Waals surface area contributed by atoms with Crippen LogP contribution in [0.5, 0.6) is 11.5 Å². The number of benzene rings is 1. The molecule has 2 aromatic rings. The van der Waals surface area contributed by atoms with Crippen LogP contribution in [0.3, 0.4) is 0 Å². The largest absolute Gasteiger partial charge is 0.504 e. The molecule has 3 rings (SSSR count). The second-order valence-electron chi connectivity index (χ2n) is 5.45. The van der Waals surface area contributed by atoms with Crippen molar-refractivity contribution in [3.05, 3.63) is 33.3 Å². The van der Waals surface area contributed by atoms with Gasteiger partial charge in [0.1, 0.15) is 29.3 Å². The number of phenols is 1. The van der Waals surface area contributed by atoms with Gasteiger partial charge in [-0.25, -0.2) is 9.98 Å². The Balaban J connectivity index is 2.29. The van der Waals surface area contributed by atoms with Gasteiger partial charge in [-0.2, -0.15) is 10.5 Å². The van der Waals surface area contributed by atoms with E-state index >= 15 is 0 Å². The van der Waals surface area contributed by atoms with Gasteiger partial charge in [-0.3, -0.25) is 5.32 Å². The van der Waals surface area contributed by atoms with Gasteiger partial charge in [0.2, 0.25) is 5.96 Å². The third kappa shape index (κ3) is 3.01. The normalized spacial score (nSPS) is 14.8. The zero-order valence-electron chi connectivity index (χ0n) is 13.9. The quantitative estimate of drug-likeness (QED) is 0.350. The van der Waals surface area contributed by atoms with E-state index in [4.69, 9.17) is 21.5 Å². The maximum absolute atomic E-state index is 10.2. The van der Waals surface area contributed by atoms with E-state index in [0.29, 0.717) is 15.6 Å². The number of hydrogen-bond acceptors (Lipinski definition) is 10. The Morgan fingerprint density at radius 3 is 2.74 bits per heavy atom. The number of halogens is 1. The highest BCUT2D eigenvalue weighted by atomic mass is 79.9. The number of anilines is 3. The molecule has 0 amide bonds.